The lowest BCUT2D eigenvalue weighted by Gasteiger charge is -2.13. The van der Waals surface area contributed by atoms with Gasteiger partial charge in [0.1, 0.15) is 23.1 Å². The third kappa shape index (κ3) is 4.33. The van der Waals surface area contributed by atoms with Gasteiger partial charge in [-0.1, -0.05) is 50.2 Å². The van der Waals surface area contributed by atoms with Crippen LogP contribution in [0, 0.1) is 17.6 Å². The van der Waals surface area contributed by atoms with Gasteiger partial charge in [-0.2, -0.15) is 4.98 Å². The number of para-hydroxylation sites is 1. The van der Waals surface area contributed by atoms with Crippen LogP contribution in [-0.2, 0) is 0 Å². The standard InChI is InChI=1S/C20H20F2N4/c1-13(2)12-23-20-24-17(14-7-4-3-5-8-14)11-18(26-20)25-19-15(21)9-6-10-16(19)22/h3-11,13H,12H2,1-2H3,(H2,23,24,25,26). The number of hydrogen-bond acceptors (Lipinski definition) is 4. The lowest BCUT2D eigenvalue weighted by molar-refractivity contribution is 0.590. The van der Waals surface area contributed by atoms with Crippen LogP contribution in [0.25, 0.3) is 11.3 Å². The Hall–Kier alpha value is -3.02. The van der Waals surface area contributed by atoms with Crippen LogP contribution in [0.1, 0.15) is 13.8 Å². The van der Waals surface area contributed by atoms with Gasteiger partial charge < -0.3 is 10.6 Å². The van der Waals surface area contributed by atoms with Gasteiger partial charge in [0.2, 0.25) is 5.95 Å². The molecular weight excluding hydrogens is 334 g/mol. The first-order valence-electron chi connectivity index (χ1n) is 8.42. The highest BCUT2D eigenvalue weighted by Gasteiger charge is 2.12. The van der Waals surface area contributed by atoms with E-state index in [1.165, 1.54) is 18.2 Å². The molecule has 1 heterocycles. The van der Waals surface area contributed by atoms with Crippen molar-refractivity contribution in [3.63, 3.8) is 0 Å². The Labute approximate surface area is 151 Å². The fourth-order valence-electron chi connectivity index (χ4n) is 2.39. The molecule has 0 saturated heterocycles. The van der Waals surface area contributed by atoms with Crippen LogP contribution in [0.15, 0.2) is 54.6 Å². The van der Waals surface area contributed by atoms with E-state index in [9.17, 15) is 8.78 Å². The van der Waals surface area contributed by atoms with Crippen LogP contribution in [-0.4, -0.2) is 16.5 Å². The van der Waals surface area contributed by atoms with E-state index in [-0.39, 0.29) is 5.69 Å². The molecule has 0 fully saturated rings. The number of anilines is 3. The summed E-state index contributed by atoms with van der Waals surface area (Å²) in [5.74, 6) is -0.240. The Morgan fingerprint density at radius 1 is 0.923 bits per heavy atom. The molecule has 4 nitrogen and oxygen atoms in total. The maximum Gasteiger partial charge on any atom is 0.225 e. The zero-order valence-electron chi connectivity index (χ0n) is 14.6. The topological polar surface area (TPSA) is 49.8 Å². The molecule has 2 N–H and O–H groups in total. The van der Waals surface area contributed by atoms with Crippen molar-refractivity contribution in [3.8, 4) is 11.3 Å². The van der Waals surface area contributed by atoms with E-state index < -0.39 is 11.6 Å². The minimum absolute atomic E-state index is 0.236. The number of rotatable bonds is 6. The number of benzene rings is 2. The monoisotopic (exact) mass is 354 g/mol. The zero-order chi connectivity index (χ0) is 18.5. The van der Waals surface area contributed by atoms with Crippen molar-refractivity contribution in [1.82, 2.24) is 9.97 Å². The molecule has 0 spiro atoms. The van der Waals surface area contributed by atoms with Gasteiger partial charge in [0, 0.05) is 18.2 Å². The molecule has 6 heteroatoms. The van der Waals surface area contributed by atoms with E-state index in [0.717, 1.165) is 5.56 Å². The van der Waals surface area contributed by atoms with Crippen molar-refractivity contribution in [2.75, 3.05) is 17.2 Å². The van der Waals surface area contributed by atoms with Gasteiger partial charge in [-0.25, -0.2) is 13.8 Å². The maximum atomic E-state index is 14.0. The molecule has 0 aliphatic carbocycles. The van der Waals surface area contributed by atoms with E-state index >= 15 is 0 Å². The van der Waals surface area contributed by atoms with Crippen molar-refractivity contribution in [2.45, 2.75) is 13.8 Å². The quantitative estimate of drug-likeness (QED) is 0.636. The smallest absolute Gasteiger partial charge is 0.225 e. The fourth-order valence-corrected chi connectivity index (χ4v) is 2.39. The Morgan fingerprint density at radius 3 is 2.27 bits per heavy atom. The van der Waals surface area contributed by atoms with Crippen molar-refractivity contribution >= 4 is 17.5 Å². The Balaban J connectivity index is 1.99. The summed E-state index contributed by atoms with van der Waals surface area (Å²) in [6.07, 6.45) is 0. The Morgan fingerprint density at radius 2 is 1.62 bits per heavy atom. The summed E-state index contributed by atoms with van der Waals surface area (Å²) in [4.78, 5) is 8.85. The van der Waals surface area contributed by atoms with E-state index in [0.29, 0.717) is 29.9 Å². The molecule has 0 saturated carbocycles. The molecule has 2 aromatic carbocycles. The third-order valence-corrected chi connectivity index (χ3v) is 3.68. The summed E-state index contributed by atoms with van der Waals surface area (Å²) in [6.45, 7) is 4.83. The van der Waals surface area contributed by atoms with Crippen LogP contribution in [0.4, 0.5) is 26.2 Å². The van der Waals surface area contributed by atoms with Crippen LogP contribution in [0.3, 0.4) is 0 Å². The molecule has 0 bridgehead atoms. The summed E-state index contributed by atoms with van der Waals surface area (Å²) in [7, 11) is 0. The molecule has 134 valence electrons. The second-order valence-electron chi connectivity index (χ2n) is 6.32. The van der Waals surface area contributed by atoms with Crippen LogP contribution in [0.5, 0.6) is 0 Å². The molecule has 0 amide bonds. The van der Waals surface area contributed by atoms with Crippen LogP contribution < -0.4 is 10.6 Å². The molecule has 0 atom stereocenters. The first-order valence-corrected chi connectivity index (χ1v) is 8.42. The highest BCUT2D eigenvalue weighted by atomic mass is 19.1. The summed E-state index contributed by atoms with van der Waals surface area (Å²) in [6, 6.07) is 14.9. The molecule has 0 aliphatic heterocycles. The maximum absolute atomic E-state index is 14.0. The number of nitrogens with zero attached hydrogens (tertiary/aromatic N) is 2. The van der Waals surface area contributed by atoms with Gasteiger partial charge in [0.05, 0.1) is 5.69 Å². The summed E-state index contributed by atoms with van der Waals surface area (Å²) in [5.41, 5.74) is 1.31. The van der Waals surface area contributed by atoms with Crippen LogP contribution in [0.2, 0.25) is 0 Å². The molecule has 0 unspecified atom stereocenters. The molecular formula is C20H20F2N4. The first kappa shape index (κ1) is 17.8. The van der Waals surface area contributed by atoms with Crippen molar-refractivity contribution < 1.29 is 8.78 Å². The summed E-state index contributed by atoms with van der Waals surface area (Å²) < 4.78 is 27.9. The lowest BCUT2D eigenvalue weighted by atomic mass is 10.1. The molecule has 3 aromatic rings. The van der Waals surface area contributed by atoms with E-state index in [1.807, 2.05) is 30.3 Å². The Bertz CT molecular complexity index is 862. The average molecular weight is 354 g/mol. The molecule has 3 rings (SSSR count). The Kier molecular flexibility index (Phi) is 5.41. The molecule has 26 heavy (non-hydrogen) atoms. The predicted molar refractivity (Wildman–Crippen MR) is 100 cm³/mol. The second-order valence-corrected chi connectivity index (χ2v) is 6.32. The zero-order valence-corrected chi connectivity index (χ0v) is 14.6. The van der Waals surface area contributed by atoms with Gasteiger partial charge in [0.15, 0.2) is 0 Å². The number of nitrogens with one attached hydrogen (secondary N) is 2. The molecule has 0 aliphatic rings. The summed E-state index contributed by atoms with van der Waals surface area (Å²) >= 11 is 0. The van der Waals surface area contributed by atoms with Gasteiger partial charge in [-0.05, 0) is 18.1 Å². The number of aromatic nitrogens is 2. The SMILES string of the molecule is CC(C)CNc1nc(Nc2c(F)cccc2F)cc(-c2ccccc2)n1. The fraction of sp³-hybridized carbons (Fsp3) is 0.200. The van der Waals surface area contributed by atoms with E-state index in [4.69, 9.17) is 0 Å². The molecule has 0 radical (unpaired) electrons. The van der Waals surface area contributed by atoms with E-state index in [2.05, 4.69) is 34.4 Å². The van der Waals surface area contributed by atoms with Crippen LogP contribution >= 0.6 is 0 Å². The highest BCUT2D eigenvalue weighted by Crippen LogP contribution is 2.26. The minimum atomic E-state index is -0.679. The second kappa shape index (κ2) is 7.91. The van der Waals surface area contributed by atoms with E-state index in [1.54, 1.807) is 6.07 Å². The van der Waals surface area contributed by atoms with Crippen molar-refractivity contribution in [2.24, 2.45) is 5.92 Å². The number of hydrogen-bond donors (Lipinski definition) is 2. The van der Waals surface area contributed by atoms with Gasteiger partial charge in [-0.3, -0.25) is 0 Å². The summed E-state index contributed by atoms with van der Waals surface area (Å²) in [5, 5.41) is 5.90. The van der Waals surface area contributed by atoms with Gasteiger partial charge >= 0.3 is 0 Å². The predicted octanol–water partition coefficient (Wildman–Crippen LogP) is 5.23. The molecule has 1 aromatic heterocycles. The average Bonchev–Trinajstić information content (AvgIpc) is 2.64. The van der Waals surface area contributed by atoms with Gasteiger partial charge in [-0.15, -0.1) is 0 Å². The lowest BCUT2D eigenvalue weighted by Crippen LogP contribution is -2.12. The first-order chi connectivity index (χ1) is 12.5. The number of halogens is 2. The minimum Gasteiger partial charge on any atom is -0.354 e. The normalized spacial score (nSPS) is 10.8. The highest BCUT2D eigenvalue weighted by molar-refractivity contribution is 5.67. The largest absolute Gasteiger partial charge is 0.354 e. The van der Waals surface area contributed by atoms with Crippen molar-refractivity contribution in [3.05, 3.63) is 66.2 Å². The van der Waals surface area contributed by atoms with Gasteiger partial charge in [0.25, 0.3) is 0 Å². The third-order valence-electron chi connectivity index (χ3n) is 3.68. The van der Waals surface area contributed by atoms with Crippen molar-refractivity contribution in [1.29, 1.82) is 0 Å².